The molecule has 1 aliphatic carbocycles. The topological polar surface area (TPSA) is 131 Å². The minimum Gasteiger partial charge on any atom is -0.491 e. The second-order valence-electron chi connectivity index (χ2n) is 11.1. The number of rotatable bonds is 7. The van der Waals surface area contributed by atoms with E-state index >= 15 is 0 Å². The van der Waals surface area contributed by atoms with Gasteiger partial charge in [0.15, 0.2) is 5.69 Å². The molecule has 11 heteroatoms. The van der Waals surface area contributed by atoms with E-state index < -0.39 is 17.7 Å². The van der Waals surface area contributed by atoms with E-state index in [1.807, 2.05) is 11.7 Å². The highest BCUT2D eigenvalue weighted by Crippen LogP contribution is 2.38. The Hall–Kier alpha value is -3.89. The summed E-state index contributed by atoms with van der Waals surface area (Å²) in [7, 11) is 3.23. The van der Waals surface area contributed by atoms with Gasteiger partial charge >= 0.3 is 12.1 Å². The standard InChI is InChI=1S/C27H35N5O6/c1-26(2,3)37-25(34)28-12-13-36-20-9-8-16(14-18(20)24(33)35-7)22-29-23(38-31-22)21-17-10-11-27(4,5)15-19(17)32(6)30-21/h8-9,14H,10-13,15H2,1-7H3,(H,28,34). The molecule has 0 fully saturated rings. The number of carbonyl (C=O) groups is 2. The predicted octanol–water partition coefficient (Wildman–Crippen LogP) is 4.34. The Bertz CT molecular complexity index is 1330. The molecule has 38 heavy (non-hydrogen) atoms. The molecule has 11 nitrogen and oxygen atoms in total. The molecule has 1 aliphatic rings. The van der Waals surface area contributed by atoms with Crippen LogP contribution in [-0.2, 0) is 29.4 Å². The molecule has 0 unspecified atom stereocenters. The molecule has 0 aliphatic heterocycles. The SMILES string of the molecule is COC(=O)c1cc(-c2noc(-c3nn(C)c4c3CCC(C)(C)C4)n2)ccc1OCCNC(=O)OC(C)(C)C. The number of aryl methyl sites for hydroxylation is 1. The summed E-state index contributed by atoms with van der Waals surface area (Å²) in [6.07, 6.45) is 2.33. The van der Waals surface area contributed by atoms with Crippen LogP contribution in [0.5, 0.6) is 5.75 Å². The van der Waals surface area contributed by atoms with E-state index in [2.05, 4.69) is 34.4 Å². The molecule has 3 aromatic rings. The molecule has 1 aromatic carbocycles. The van der Waals surface area contributed by atoms with Crippen molar-refractivity contribution in [3.05, 3.63) is 35.0 Å². The van der Waals surface area contributed by atoms with E-state index in [-0.39, 0.29) is 24.1 Å². The van der Waals surface area contributed by atoms with E-state index in [0.717, 1.165) is 24.8 Å². The fourth-order valence-electron chi connectivity index (χ4n) is 4.39. The van der Waals surface area contributed by atoms with E-state index in [1.54, 1.807) is 39.0 Å². The maximum Gasteiger partial charge on any atom is 0.407 e. The van der Waals surface area contributed by atoms with Gasteiger partial charge in [0.05, 0.1) is 13.7 Å². The van der Waals surface area contributed by atoms with Gasteiger partial charge in [-0.05, 0) is 63.6 Å². The van der Waals surface area contributed by atoms with Crippen LogP contribution in [0.2, 0.25) is 0 Å². The van der Waals surface area contributed by atoms with Crippen LogP contribution in [0.1, 0.15) is 62.7 Å². The number of carbonyl (C=O) groups excluding carboxylic acids is 2. The molecule has 1 amide bonds. The van der Waals surface area contributed by atoms with E-state index in [4.69, 9.17) is 18.7 Å². The number of methoxy groups -OCH3 is 1. The highest BCUT2D eigenvalue weighted by molar-refractivity contribution is 5.93. The Balaban J connectivity index is 1.50. The molecule has 0 saturated carbocycles. The second-order valence-corrected chi connectivity index (χ2v) is 11.1. The van der Waals surface area contributed by atoms with Crippen molar-refractivity contribution in [2.75, 3.05) is 20.3 Å². The van der Waals surface area contributed by atoms with Gasteiger partial charge in [0.1, 0.15) is 23.5 Å². The van der Waals surface area contributed by atoms with Crippen molar-refractivity contribution in [3.63, 3.8) is 0 Å². The molecule has 0 spiro atoms. The number of benzene rings is 1. The molecular formula is C27H35N5O6. The van der Waals surface area contributed by atoms with Crippen molar-refractivity contribution in [3.8, 4) is 28.7 Å². The van der Waals surface area contributed by atoms with E-state index in [9.17, 15) is 9.59 Å². The van der Waals surface area contributed by atoms with Gasteiger partial charge in [0, 0.05) is 23.9 Å². The van der Waals surface area contributed by atoms with Gasteiger partial charge in [0.2, 0.25) is 5.82 Å². The van der Waals surface area contributed by atoms with Crippen LogP contribution in [-0.4, -0.2) is 57.8 Å². The zero-order valence-electron chi connectivity index (χ0n) is 23.0. The molecule has 0 atom stereocenters. The smallest absolute Gasteiger partial charge is 0.407 e. The van der Waals surface area contributed by atoms with E-state index in [0.29, 0.717) is 28.7 Å². The van der Waals surface area contributed by atoms with Crippen LogP contribution in [0, 0.1) is 5.41 Å². The summed E-state index contributed by atoms with van der Waals surface area (Å²) in [6.45, 7) is 10.2. The Kier molecular flexibility index (Phi) is 7.48. The Labute approximate surface area is 221 Å². The van der Waals surface area contributed by atoms with Gasteiger partial charge in [0.25, 0.3) is 5.89 Å². The number of hydrogen-bond donors (Lipinski definition) is 1. The van der Waals surface area contributed by atoms with Crippen molar-refractivity contribution in [1.82, 2.24) is 25.2 Å². The average molecular weight is 526 g/mol. The summed E-state index contributed by atoms with van der Waals surface area (Å²) >= 11 is 0. The molecule has 204 valence electrons. The first kappa shape index (κ1) is 27.2. The number of nitrogens with zero attached hydrogens (tertiary/aromatic N) is 4. The minimum atomic E-state index is -0.597. The summed E-state index contributed by atoms with van der Waals surface area (Å²) < 4.78 is 23.4. The van der Waals surface area contributed by atoms with Gasteiger partial charge < -0.3 is 24.1 Å². The van der Waals surface area contributed by atoms with Crippen LogP contribution in [0.25, 0.3) is 23.0 Å². The lowest BCUT2D eigenvalue weighted by atomic mass is 9.76. The van der Waals surface area contributed by atoms with Crippen molar-refractivity contribution in [1.29, 1.82) is 0 Å². The predicted molar refractivity (Wildman–Crippen MR) is 139 cm³/mol. The third-order valence-electron chi connectivity index (χ3n) is 6.27. The number of nitrogens with one attached hydrogen (secondary N) is 1. The van der Waals surface area contributed by atoms with Crippen LogP contribution < -0.4 is 10.1 Å². The third kappa shape index (κ3) is 6.15. The number of hydrogen-bond acceptors (Lipinski definition) is 9. The monoisotopic (exact) mass is 525 g/mol. The zero-order valence-corrected chi connectivity index (χ0v) is 23.0. The normalized spacial score (nSPS) is 14.5. The number of fused-ring (bicyclic) bond motifs is 1. The van der Waals surface area contributed by atoms with Crippen molar-refractivity contribution >= 4 is 12.1 Å². The number of ether oxygens (including phenoxy) is 3. The summed E-state index contributed by atoms with van der Waals surface area (Å²) in [5.41, 5.74) is 3.41. The molecule has 1 N–H and O–H groups in total. The summed E-state index contributed by atoms with van der Waals surface area (Å²) in [4.78, 5) is 28.9. The fraction of sp³-hybridized carbons (Fsp3) is 0.519. The second kappa shape index (κ2) is 10.5. The minimum absolute atomic E-state index is 0.122. The van der Waals surface area contributed by atoms with Crippen LogP contribution in [0.3, 0.4) is 0 Å². The molecule has 2 heterocycles. The Morgan fingerprint density at radius 2 is 2.00 bits per heavy atom. The van der Waals surface area contributed by atoms with Gasteiger partial charge in [-0.3, -0.25) is 4.68 Å². The molecule has 0 saturated heterocycles. The lowest BCUT2D eigenvalue weighted by Gasteiger charge is -2.29. The molecular weight excluding hydrogens is 490 g/mol. The maximum absolute atomic E-state index is 12.5. The molecule has 2 aromatic heterocycles. The fourth-order valence-corrected chi connectivity index (χ4v) is 4.39. The zero-order chi connectivity index (χ0) is 27.7. The summed E-state index contributed by atoms with van der Waals surface area (Å²) in [6, 6.07) is 4.96. The number of aromatic nitrogens is 4. The number of amides is 1. The first-order valence-corrected chi connectivity index (χ1v) is 12.6. The van der Waals surface area contributed by atoms with E-state index in [1.165, 1.54) is 12.8 Å². The summed E-state index contributed by atoms with van der Waals surface area (Å²) in [5.74, 6) is 0.382. The molecule has 0 bridgehead atoms. The first-order chi connectivity index (χ1) is 17.9. The van der Waals surface area contributed by atoms with Crippen molar-refractivity contribution in [2.45, 2.75) is 59.5 Å². The van der Waals surface area contributed by atoms with Gasteiger partial charge in [-0.25, -0.2) is 9.59 Å². The highest BCUT2D eigenvalue weighted by atomic mass is 16.6. The Morgan fingerprint density at radius 1 is 1.24 bits per heavy atom. The van der Waals surface area contributed by atoms with Crippen LogP contribution >= 0.6 is 0 Å². The largest absolute Gasteiger partial charge is 0.491 e. The van der Waals surface area contributed by atoms with Crippen LogP contribution in [0.4, 0.5) is 4.79 Å². The third-order valence-corrected chi connectivity index (χ3v) is 6.27. The lowest BCUT2D eigenvalue weighted by molar-refractivity contribution is 0.0516. The lowest BCUT2D eigenvalue weighted by Crippen LogP contribution is -2.34. The average Bonchev–Trinajstić information content (AvgIpc) is 3.44. The number of esters is 1. The van der Waals surface area contributed by atoms with Gasteiger partial charge in [-0.15, -0.1) is 0 Å². The first-order valence-electron chi connectivity index (χ1n) is 12.6. The molecule has 0 radical (unpaired) electrons. The highest BCUT2D eigenvalue weighted by Gasteiger charge is 2.32. The van der Waals surface area contributed by atoms with Crippen LogP contribution in [0.15, 0.2) is 22.7 Å². The maximum atomic E-state index is 12.5. The summed E-state index contributed by atoms with van der Waals surface area (Å²) in [5, 5.41) is 11.4. The molecule has 4 rings (SSSR count). The van der Waals surface area contributed by atoms with Crippen molar-refractivity contribution in [2.24, 2.45) is 12.5 Å². The van der Waals surface area contributed by atoms with Gasteiger partial charge in [-0.1, -0.05) is 19.0 Å². The van der Waals surface area contributed by atoms with Crippen molar-refractivity contribution < 1.29 is 28.3 Å². The Morgan fingerprint density at radius 3 is 2.71 bits per heavy atom. The quantitative estimate of drug-likeness (QED) is 0.353. The number of alkyl carbamates (subject to hydrolysis) is 1. The van der Waals surface area contributed by atoms with Gasteiger partial charge in [-0.2, -0.15) is 10.1 Å².